The molecule has 1 aromatic heterocycles. The van der Waals surface area contributed by atoms with Crippen LogP contribution in [0.1, 0.15) is 18.5 Å². The van der Waals surface area contributed by atoms with Gasteiger partial charge >= 0.3 is 0 Å². The summed E-state index contributed by atoms with van der Waals surface area (Å²) < 4.78 is 5.96. The van der Waals surface area contributed by atoms with Crippen LogP contribution in [0.15, 0.2) is 59.0 Å². The molecule has 3 rings (SSSR count). The first kappa shape index (κ1) is 12.0. The number of para-hydroxylation sites is 1. The van der Waals surface area contributed by atoms with Crippen LogP contribution in [0, 0.1) is 0 Å². The molecular formula is C17H17NO. The van der Waals surface area contributed by atoms with Crippen molar-refractivity contribution in [2.75, 3.05) is 7.05 Å². The second kappa shape index (κ2) is 4.90. The third kappa shape index (κ3) is 2.15. The third-order valence-electron chi connectivity index (χ3n) is 3.55. The molecule has 1 heterocycles. The van der Waals surface area contributed by atoms with Crippen LogP contribution < -0.4 is 5.32 Å². The van der Waals surface area contributed by atoms with Crippen LogP contribution in [-0.4, -0.2) is 7.05 Å². The van der Waals surface area contributed by atoms with Gasteiger partial charge in [-0.1, -0.05) is 42.5 Å². The monoisotopic (exact) mass is 251 g/mol. The summed E-state index contributed by atoms with van der Waals surface area (Å²) >= 11 is 0. The molecule has 0 radical (unpaired) electrons. The summed E-state index contributed by atoms with van der Waals surface area (Å²) in [5, 5.41) is 4.43. The second-order valence-electron chi connectivity index (χ2n) is 4.75. The predicted molar refractivity (Wildman–Crippen MR) is 79.1 cm³/mol. The molecule has 0 fully saturated rings. The molecule has 0 saturated heterocycles. The molecule has 0 aliphatic carbocycles. The maximum absolute atomic E-state index is 5.96. The normalized spacial score (nSPS) is 12.7. The quantitative estimate of drug-likeness (QED) is 0.747. The Morgan fingerprint density at radius 1 is 1.00 bits per heavy atom. The third-order valence-corrected chi connectivity index (χ3v) is 3.55. The molecule has 0 aliphatic rings. The fraction of sp³-hybridized carbons (Fsp3) is 0.176. The lowest BCUT2D eigenvalue weighted by atomic mass is 9.99. The smallest absolute Gasteiger partial charge is 0.135 e. The van der Waals surface area contributed by atoms with Crippen LogP contribution in [-0.2, 0) is 0 Å². The highest BCUT2D eigenvalue weighted by atomic mass is 16.3. The van der Waals surface area contributed by atoms with Crippen molar-refractivity contribution in [3.8, 4) is 11.3 Å². The topological polar surface area (TPSA) is 25.2 Å². The van der Waals surface area contributed by atoms with Gasteiger partial charge in [-0.25, -0.2) is 0 Å². The number of benzene rings is 2. The molecule has 96 valence electrons. The molecule has 3 aromatic rings. The minimum absolute atomic E-state index is 0.296. The number of fused-ring (bicyclic) bond motifs is 1. The Morgan fingerprint density at radius 3 is 2.53 bits per heavy atom. The zero-order valence-corrected chi connectivity index (χ0v) is 11.2. The zero-order valence-electron chi connectivity index (χ0n) is 11.2. The molecule has 0 saturated carbocycles. The largest absolute Gasteiger partial charge is 0.456 e. The molecule has 0 aliphatic heterocycles. The van der Waals surface area contributed by atoms with E-state index in [0.717, 1.165) is 22.3 Å². The maximum Gasteiger partial charge on any atom is 0.135 e. The highest BCUT2D eigenvalue weighted by Gasteiger charge is 2.13. The molecule has 0 amide bonds. The van der Waals surface area contributed by atoms with Crippen molar-refractivity contribution >= 4 is 11.0 Å². The summed E-state index contributed by atoms with van der Waals surface area (Å²) in [6.45, 7) is 2.15. The lowest BCUT2D eigenvalue weighted by molar-refractivity contribution is 0.620. The fourth-order valence-electron chi connectivity index (χ4n) is 2.37. The first-order chi connectivity index (χ1) is 9.29. The van der Waals surface area contributed by atoms with E-state index in [1.54, 1.807) is 0 Å². The van der Waals surface area contributed by atoms with E-state index in [1.807, 2.05) is 25.2 Å². The van der Waals surface area contributed by atoms with E-state index in [4.69, 9.17) is 4.42 Å². The fourth-order valence-corrected chi connectivity index (χ4v) is 2.37. The maximum atomic E-state index is 5.96. The molecular weight excluding hydrogens is 234 g/mol. The Labute approximate surface area is 113 Å². The van der Waals surface area contributed by atoms with Crippen molar-refractivity contribution in [1.82, 2.24) is 5.32 Å². The minimum Gasteiger partial charge on any atom is -0.456 e. The molecule has 2 heteroatoms. The van der Waals surface area contributed by atoms with Crippen LogP contribution in [0.4, 0.5) is 0 Å². The van der Waals surface area contributed by atoms with E-state index >= 15 is 0 Å². The summed E-state index contributed by atoms with van der Waals surface area (Å²) in [6.07, 6.45) is 0. The van der Waals surface area contributed by atoms with Crippen molar-refractivity contribution < 1.29 is 4.42 Å². The summed E-state index contributed by atoms with van der Waals surface area (Å²) in [5.74, 6) is 0.930. The second-order valence-corrected chi connectivity index (χ2v) is 4.75. The summed E-state index contributed by atoms with van der Waals surface area (Å²) in [5.41, 5.74) is 3.34. The van der Waals surface area contributed by atoms with Gasteiger partial charge in [0, 0.05) is 17.0 Å². The Kier molecular flexibility index (Phi) is 3.10. The number of rotatable bonds is 3. The Morgan fingerprint density at radius 2 is 1.74 bits per heavy atom. The van der Waals surface area contributed by atoms with Crippen molar-refractivity contribution in [1.29, 1.82) is 0 Å². The molecule has 1 unspecified atom stereocenters. The van der Waals surface area contributed by atoms with Crippen molar-refractivity contribution in [2.24, 2.45) is 0 Å². The molecule has 1 atom stereocenters. The predicted octanol–water partition coefficient (Wildman–Crippen LogP) is 4.38. The summed E-state index contributed by atoms with van der Waals surface area (Å²) in [7, 11) is 1.97. The van der Waals surface area contributed by atoms with Gasteiger partial charge in [0.2, 0.25) is 0 Å². The van der Waals surface area contributed by atoms with E-state index in [2.05, 4.69) is 48.6 Å². The highest BCUT2D eigenvalue weighted by molar-refractivity contribution is 5.83. The van der Waals surface area contributed by atoms with Crippen LogP contribution in [0.2, 0.25) is 0 Å². The van der Waals surface area contributed by atoms with Gasteiger partial charge in [-0.15, -0.1) is 0 Å². The van der Waals surface area contributed by atoms with E-state index in [1.165, 1.54) is 5.56 Å². The zero-order chi connectivity index (χ0) is 13.2. The number of hydrogen-bond acceptors (Lipinski definition) is 2. The number of nitrogens with one attached hydrogen (secondary N) is 1. The molecule has 1 N–H and O–H groups in total. The number of hydrogen-bond donors (Lipinski definition) is 1. The van der Waals surface area contributed by atoms with E-state index < -0.39 is 0 Å². The standard InChI is InChI=1S/C17H17NO/c1-12(18-2)14-8-4-5-9-15(14)17-11-13-7-3-6-10-16(13)19-17/h3-12,18H,1-2H3. The van der Waals surface area contributed by atoms with Crippen molar-refractivity contribution in [2.45, 2.75) is 13.0 Å². The van der Waals surface area contributed by atoms with Gasteiger partial charge in [-0.2, -0.15) is 0 Å². The summed E-state index contributed by atoms with van der Waals surface area (Å²) in [4.78, 5) is 0. The SMILES string of the molecule is CNC(C)c1ccccc1-c1cc2ccccc2o1. The van der Waals surface area contributed by atoms with Crippen molar-refractivity contribution in [3.05, 3.63) is 60.2 Å². The van der Waals surface area contributed by atoms with E-state index in [9.17, 15) is 0 Å². The van der Waals surface area contributed by atoms with Crippen LogP contribution >= 0.6 is 0 Å². The van der Waals surface area contributed by atoms with E-state index in [0.29, 0.717) is 6.04 Å². The van der Waals surface area contributed by atoms with Gasteiger partial charge in [0.1, 0.15) is 11.3 Å². The van der Waals surface area contributed by atoms with Crippen LogP contribution in [0.3, 0.4) is 0 Å². The van der Waals surface area contributed by atoms with Gasteiger partial charge < -0.3 is 9.73 Å². The minimum atomic E-state index is 0.296. The first-order valence-corrected chi connectivity index (χ1v) is 6.54. The molecule has 0 bridgehead atoms. The lowest BCUT2D eigenvalue weighted by Crippen LogP contribution is -2.13. The van der Waals surface area contributed by atoms with Crippen molar-refractivity contribution in [3.63, 3.8) is 0 Å². The van der Waals surface area contributed by atoms with Gasteiger partial charge in [0.25, 0.3) is 0 Å². The van der Waals surface area contributed by atoms with Crippen LogP contribution in [0.5, 0.6) is 0 Å². The average molecular weight is 251 g/mol. The van der Waals surface area contributed by atoms with Gasteiger partial charge in [0.05, 0.1) is 0 Å². The Bertz CT molecular complexity index is 666. The molecule has 2 aromatic carbocycles. The van der Waals surface area contributed by atoms with Gasteiger partial charge in [-0.3, -0.25) is 0 Å². The molecule has 0 spiro atoms. The van der Waals surface area contributed by atoms with Gasteiger partial charge in [-0.05, 0) is 31.7 Å². The van der Waals surface area contributed by atoms with E-state index in [-0.39, 0.29) is 0 Å². The summed E-state index contributed by atoms with van der Waals surface area (Å²) in [6, 6.07) is 18.9. The lowest BCUT2D eigenvalue weighted by Gasteiger charge is -2.14. The Hall–Kier alpha value is -2.06. The molecule has 2 nitrogen and oxygen atoms in total. The van der Waals surface area contributed by atoms with Gasteiger partial charge in [0.15, 0.2) is 0 Å². The number of furan rings is 1. The first-order valence-electron chi connectivity index (χ1n) is 6.54. The van der Waals surface area contributed by atoms with Crippen LogP contribution in [0.25, 0.3) is 22.3 Å². The molecule has 19 heavy (non-hydrogen) atoms. The average Bonchev–Trinajstić information content (AvgIpc) is 2.90. The highest BCUT2D eigenvalue weighted by Crippen LogP contribution is 2.32. The Balaban J connectivity index is 2.15.